The summed E-state index contributed by atoms with van der Waals surface area (Å²) in [5, 5.41) is 7.04. The maximum Gasteiger partial charge on any atom is 0.407 e. The number of nitrogens with one attached hydrogen (secondary N) is 1. The molecule has 130 valence electrons. The molecule has 0 aromatic heterocycles. The Labute approximate surface area is 142 Å². The van der Waals surface area contributed by atoms with E-state index in [-0.39, 0.29) is 24.3 Å². The lowest BCUT2D eigenvalue weighted by atomic mass is 10.0. The molecule has 3 rings (SSSR count). The number of carbonyl (C=O) groups excluding carboxylic acids is 1. The summed E-state index contributed by atoms with van der Waals surface area (Å²) >= 11 is 0. The highest BCUT2D eigenvalue weighted by Gasteiger charge is 2.32. The zero-order valence-corrected chi connectivity index (χ0v) is 14.3. The molecule has 0 radical (unpaired) electrons. The van der Waals surface area contributed by atoms with Gasteiger partial charge in [-0.3, -0.25) is 4.90 Å². The first-order valence-electron chi connectivity index (χ1n) is 8.63. The molecular formula is C18H25N3O3. The van der Waals surface area contributed by atoms with Crippen molar-refractivity contribution in [3.8, 4) is 0 Å². The average Bonchev–Trinajstić information content (AvgIpc) is 3.04. The highest BCUT2D eigenvalue weighted by atomic mass is 16.7. The first kappa shape index (κ1) is 16.8. The Balaban J connectivity index is 1.40. The largest absolute Gasteiger partial charge is 0.442 e. The minimum absolute atomic E-state index is 0.192. The van der Waals surface area contributed by atoms with Gasteiger partial charge in [-0.05, 0) is 25.5 Å². The summed E-state index contributed by atoms with van der Waals surface area (Å²) in [6, 6.07) is 10.1. The Morgan fingerprint density at radius 1 is 1.42 bits per heavy atom. The maximum atomic E-state index is 12.0. The maximum absolute atomic E-state index is 12.0. The number of carbonyl (C=O) groups is 1. The standard InChI is InChI=1S/C18H25N3O3/c1-3-9-21-11-15(12-21)19-18(22)23-13(2)17-10-16(20-24-17)14-7-5-4-6-8-14/h4-8,13,15,17H,3,9-12H2,1-2H3,(H,19,22). The lowest BCUT2D eigenvalue weighted by Crippen LogP contribution is -2.59. The number of hydrogen-bond acceptors (Lipinski definition) is 5. The minimum Gasteiger partial charge on any atom is -0.442 e. The van der Waals surface area contributed by atoms with Crippen molar-refractivity contribution >= 4 is 11.8 Å². The Kier molecular flexibility index (Phi) is 5.35. The molecule has 0 saturated carbocycles. The van der Waals surface area contributed by atoms with Crippen molar-refractivity contribution in [1.82, 2.24) is 10.2 Å². The third kappa shape index (κ3) is 4.06. The number of amides is 1. The van der Waals surface area contributed by atoms with E-state index >= 15 is 0 Å². The van der Waals surface area contributed by atoms with Gasteiger partial charge in [0.1, 0.15) is 6.10 Å². The van der Waals surface area contributed by atoms with Crippen LogP contribution in [0.3, 0.4) is 0 Å². The molecule has 0 spiro atoms. The lowest BCUT2D eigenvalue weighted by molar-refractivity contribution is -0.0206. The minimum atomic E-state index is -0.375. The van der Waals surface area contributed by atoms with Gasteiger partial charge in [0.05, 0.1) is 11.8 Å². The molecule has 2 heterocycles. The van der Waals surface area contributed by atoms with Gasteiger partial charge < -0.3 is 14.9 Å². The number of alkyl carbamates (subject to hydrolysis) is 1. The van der Waals surface area contributed by atoms with Gasteiger partial charge in [0.2, 0.25) is 0 Å². The highest BCUT2D eigenvalue weighted by molar-refractivity contribution is 6.01. The molecule has 1 amide bonds. The van der Waals surface area contributed by atoms with E-state index in [1.807, 2.05) is 37.3 Å². The van der Waals surface area contributed by atoms with Gasteiger partial charge in [-0.15, -0.1) is 0 Å². The van der Waals surface area contributed by atoms with Crippen LogP contribution in [-0.2, 0) is 9.57 Å². The van der Waals surface area contributed by atoms with E-state index in [0.29, 0.717) is 6.42 Å². The summed E-state index contributed by atoms with van der Waals surface area (Å²) < 4.78 is 5.45. The second kappa shape index (κ2) is 7.66. The van der Waals surface area contributed by atoms with Crippen molar-refractivity contribution in [2.75, 3.05) is 19.6 Å². The van der Waals surface area contributed by atoms with Crippen molar-refractivity contribution < 1.29 is 14.4 Å². The molecule has 6 heteroatoms. The molecular weight excluding hydrogens is 306 g/mol. The number of ether oxygens (including phenoxy) is 1. The van der Waals surface area contributed by atoms with Crippen LogP contribution in [0, 0.1) is 0 Å². The smallest absolute Gasteiger partial charge is 0.407 e. The fraction of sp³-hybridized carbons (Fsp3) is 0.556. The quantitative estimate of drug-likeness (QED) is 0.869. The molecule has 0 bridgehead atoms. The van der Waals surface area contributed by atoms with Gasteiger partial charge in [0.25, 0.3) is 0 Å². The van der Waals surface area contributed by atoms with Gasteiger partial charge in [-0.1, -0.05) is 42.4 Å². The van der Waals surface area contributed by atoms with E-state index in [1.54, 1.807) is 0 Å². The van der Waals surface area contributed by atoms with Crippen LogP contribution in [-0.4, -0.2) is 54.6 Å². The van der Waals surface area contributed by atoms with Crippen molar-refractivity contribution in [1.29, 1.82) is 0 Å². The number of nitrogens with zero attached hydrogens (tertiary/aromatic N) is 2. The van der Waals surface area contributed by atoms with Crippen LogP contribution in [0.1, 0.15) is 32.3 Å². The number of oxime groups is 1. The van der Waals surface area contributed by atoms with E-state index < -0.39 is 0 Å². The molecule has 1 saturated heterocycles. The van der Waals surface area contributed by atoms with Crippen molar-refractivity contribution in [2.24, 2.45) is 5.16 Å². The van der Waals surface area contributed by atoms with Crippen LogP contribution < -0.4 is 5.32 Å². The van der Waals surface area contributed by atoms with Crippen molar-refractivity contribution in [3.05, 3.63) is 35.9 Å². The molecule has 1 N–H and O–H groups in total. The molecule has 1 aromatic carbocycles. The van der Waals surface area contributed by atoms with Crippen LogP contribution in [0.4, 0.5) is 4.79 Å². The molecule has 2 aliphatic rings. The van der Waals surface area contributed by atoms with Gasteiger partial charge in [0.15, 0.2) is 6.10 Å². The van der Waals surface area contributed by atoms with Crippen LogP contribution >= 0.6 is 0 Å². The molecule has 2 atom stereocenters. The monoisotopic (exact) mass is 331 g/mol. The van der Waals surface area contributed by atoms with E-state index in [2.05, 4.69) is 22.3 Å². The van der Waals surface area contributed by atoms with Gasteiger partial charge >= 0.3 is 6.09 Å². The SMILES string of the molecule is CCCN1CC(NC(=O)OC(C)C2CC(c3ccccc3)=NO2)C1. The number of hydrogen-bond donors (Lipinski definition) is 1. The van der Waals surface area contributed by atoms with Gasteiger partial charge in [0, 0.05) is 19.5 Å². The number of benzene rings is 1. The lowest BCUT2D eigenvalue weighted by Gasteiger charge is -2.39. The van der Waals surface area contributed by atoms with Crippen molar-refractivity contribution in [2.45, 2.75) is 44.9 Å². The van der Waals surface area contributed by atoms with Gasteiger partial charge in [-0.2, -0.15) is 0 Å². The Morgan fingerprint density at radius 3 is 2.88 bits per heavy atom. The summed E-state index contributed by atoms with van der Waals surface area (Å²) in [6.07, 6.45) is 0.828. The molecule has 1 fully saturated rings. The Bertz CT molecular complexity index is 584. The molecule has 6 nitrogen and oxygen atoms in total. The molecule has 1 aromatic rings. The number of rotatable bonds is 6. The van der Waals surface area contributed by atoms with E-state index in [0.717, 1.165) is 37.3 Å². The van der Waals surface area contributed by atoms with E-state index in [1.165, 1.54) is 0 Å². The normalized spacial score (nSPS) is 22.2. The van der Waals surface area contributed by atoms with Crippen LogP contribution in [0.15, 0.2) is 35.5 Å². The summed E-state index contributed by atoms with van der Waals surface area (Å²) in [5.41, 5.74) is 1.94. The second-order valence-electron chi connectivity index (χ2n) is 6.46. The summed E-state index contributed by atoms with van der Waals surface area (Å²) in [4.78, 5) is 19.8. The van der Waals surface area contributed by atoms with Crippen LogP contribution in [0.25, 0.3) is 0 Å². The van der Waals surface area contributed by atoms with Gasteiger partial charge in [-0.25, -0.2) is 4.79 Å². The first-order valence-corrected chi connectivity index (χ1v) is 8.63. The van der Waals surface area contributed by atoms with Crippen molar-refractivity contribution in [3.63, 3.8) is 0 Å². The average molecular weight is 331 g/mol. The topological polar surface area (TPSA) is 63.2 Å². The molecule has 24 heavy (non-hydrogen) atoms. The predicted molar refractivity (Wildman–Crippen MR) is 92.1 cm³/mol. The summed E-state index contributed by atoms with van der Waals surface area (Å²) in [5.74, 6) is 0. The molecule has 2 aliphatic heterocycles. The fourth-order valence-electron chi connectivity index (χ4n) is 3.05. The summed E-state index contributed by atoms with van der Waals surface area (Å²) in [7, 11) is 0. The second-order valence-corrected chi connectivity index (χ2v) is 6.46. The van der Waals surface area contributed by atoms with E-state index in [4.69, 9.17) is 9.57 Å². The fourth-order valence-corrected chi connectivity index (χ4v) is 3.05. The Hall–Kier alpha value is -2.08. The predicted octanol–water partition coefficient (Wildman–Crippen LogP) is 2.39. The molecule has 2 unspecified atom stereocenters. The first-order chi connectivity index (χ1) is 11.7. The van der Waals surface area contributed by atoms with Crippen LogP contribution in [0.5, 0.6) is 0 Å². The highest BCUT2D eigenvalue weighted by Crippen LogP contribution is 2.20. The molecule has 0 aliphatic carbocycles. The zero-order chi connectivity index (χ0) is 16.9. The third-order valence-electron chi connectivity index (χ3n) is 4.44. The van der Waals surface area contributed by atoms with E-state index in [9.17, 15) is 4.79 Å². The van der Waals surface area contributed by atoms with Crippen LogP contribution in [0.2, 0.25) is 0 Å². The third-order valence-corrected chi connectivity index (χ3v) is 4.44. The zero-order valence-electron chi connectivity index (χ0n) is 14.3. The number of likely N-dealkylation sites (tertiary alicyclic amines) is 1. The summed E-state index contributed by atoms with van der Waals surface area (Å²) in [6.45, 7) is 6.89. The Morgan fingerprint density at radius 2 is 2.17 bits per heavy atom.